The third kappa shape index (κ3) is 3.20. The molecular formula is C40H23N3S. The van der Waals surface area contributed by atoms with E-state index in [4.69, 9.17) is 9.97 Å². The van der Waals surface area contributed by atoms with Gasteiger partial charge in [-0.15, -0.1) is 11.3 Å². The van der Waals surface area contributed by atoms with Crippen LogP contribution < -0.4 is 0 Å². The number of hydrogen-bond donors (Lipinski definition) is 0. The molecule has 7 aromatic carbocycles. The zero-order chi connectivity index (χ0) is 28.8. The number of nitrogens with zero attached hydrogens (tertiary/aromatic N) is 3. The number of aromatic nitrogens is 3. The van der Waals surface area contributed by atoms with E-state index in [1.807, 2.05) is 23.5 Å². The van der Waals surface area contributed by atoms with E-state index in [2.05, 4.69) is 132 Å². The van der Waals surface area contributed by atoms with E-state index < -0.39 is 0 Å². The largest absolute Gasteiger partial charge is 0.290 e. The molecule has 0 fully saturated rings. The van der Waals surface area contributed by atoms with Crippen LogP contribution >= 0.6 is 11.3 Å². The van der Waals surface area contributed by atoms with Gasteiger partial charge in [0.1, 0.15) is 5.69 Å². The molecule has 0 saturated heterocycles. The highest BCUT2D eigenvalue weighted by Gasteiger charge is 2.25. The fourth-order valence-corrected chi connectivity index (χ4v) is 8.35. The molecule has 0 N–H and O–H groups in total. The van der Waals surface area contributed by atoms with Gasteiger partial charge in [0.2, 0.25) is 0 Å². The average molecular weight is 578 g/mol. The smallest absolute Gasteiger partial charge is 0.165 e. The van der Waals surface area contributed by atoms with Gasteiger partial charge in [-0.25, -0.2) is 9.97 Å². The number of fused-ring (bicyclic) bond motifs is 13. The van der Waals surface area contributed by atoms with Gasteiger partial charge in [0.25, 0.3) is 0 Å². The topological polar surface area (TPSA) is 30.7 Å². The summed E-state index contributed by atoms with van der Waals surface area (Å²) in [6.07, 6.45) is 0. The Morgan fingerprint density at radius 3 is 1.93 bits per heavy atom. The SMILES string of the molecule is c1ccc(-c2nc3ccccc3nc2-n2c3ccc4ccccc4c3c3c4ccccc4c4c5ccccc5sc4c32)cc1. The van der Waals surface area contributed by atoms with Crippen LogP contribution in [0.15, 0.2) is 140 Å². The van der Waals surface area contributed by atoms with Crippen molar-refractivity contribution >= 4 is 85.9 Å². The minimum atomic E-state index is 0.846. The second kappa shape index (κ2) is 8.96. The lowest BCUT2D eigenvalue weighted by molar-refractivity contribution is 1.08. The summed E-state index contributed by atoms with van der Waals surface area (Å²) >= 11 is 1.87. The molecule has 3 nitrogen and oxygen atoms in total. The van der Waals surface area contributed by atoms with Gasteiger partial charge in [0, 0.05) is 31.8 Å². The maximum atomic E-state index is 5.42. The third-order valence-electron chi connectivity index (χ3n) is 8.95. The molecule has 0 bridgehead atoms. The zero-order valence-electron chi connectivity index (χ0n) is 23.5. The van der Waals surface area contributed by atoms with Crippen LogP contribution in [0.4, 0.5) is 0 Å². The fourth-order valence-electron chi connectivity index (χ4n) is 7.09. The van der Waals surface area contributed by atoms with Gasteiger partial charge in [0.15, 0.2) is 5.82 Å². The first kappa shape index (κ1) is 23.9. The molecule has 0 radical (unpaired) electrons. The number of hydrogen-bond acceptors (Lipinski definition) is 3. The molecule has 3 aromatic heterocycles. The van der Waals surface area contributed by atoms with Gasteiger partial charge < -0.3 is 0 Å². The Hall–Kier alpha value is -5.58. The van der Waals surface area contributed by atoms with E-state index in [-0.39, 0.29) is 0 Å². The Bertz CT molecular complexity index is 2770. The molecule has 0 amide bonds. The van der Waals surface area contributed by atoms with E-state index in [0.29, 0.717) is 0 Å². The first-order valence-electron chi connectivity index (χ1n) is 14.9. The maximum absolute atomic E-state index is 5.42. The van der Waals surface area contributed by atoms with Gasteiger partial charge in [0.05, 0.1) is 26.8 Å². The van der Waals surface area contributed by atoms with Crippen LogP contribution in [0.25, 0.3) is 91.6 Å². The van der Waals surface area contributed by atoms with Crippen LogP contribution in [0.3, 0.4) is 0 Å². The summed E-state index contributed by atoms with van der Waals surface area (Å²) in [5.41, 5.74) is 6.01. The molecule has 3 heterocycles. The summed E-state index contributed by atoms with van der Waals surface area (Å²) in [5.74, 6) is 0.846. The van der Waals surface area contributed by atoms with Crippen molar-refractivity contribution < 1.29 is 0 Å². The standard InChI is InChI=1S/C40H23N3S/c1-2-13-25(14-3-1)37-40(42-31-20-10-9-19-30(31)41-37)43-32-23-22-24-12-4-5-15-26(24)35(32)36-28-17-7-6-16-27(28)34-29-18-8-11-21-33(29)44-39(34)38(36)43/h1-23H. The second-order valence-electron chi connectivity index (χ2n) is 11.3. The Kier molecular flexibility index (Phi) is 4.87. The third-order valence-corrected chi connectivity index (χ3v) is 10.1. The minimum absolute atomic E-state index is 0.846. The first-order valence-corrected chi connectivity index (χ1v) is 15.7. The molecule has 0 spiro atoms. The van der Waals surface area contributed by atoms with E-state index in [1.54, 1.807) is 0 Å². The summed E-state index contributed by atoms with van der Waals surface area (Å²) in [7, 11) is 0. The highest BCUT2D eigenvalue weighted by Crippen LogP contribution is 2.49. The van der Waals surface area contributed by atoms with Crippen molar-refractivity contribution in [2.24, 2.45) is 0 Å². The van der Waals surface area contributed by atoms with Crippen LogP contribution in [0.1, 0.15) is 0 Å². The minimum Gasteiger partial charge on any atom is -0.290 e. The van der Waals surface area contributed by atoms with Crippen LogP contribution in [0, 0.1) is 0 Å². The summed E-state index contributed by atoms with van der Waals surface area (Å²) in [4.78, 5) is 10.7. The quantitative estimate of drug-likeness (QED) is 0.205. The molecule has 0 aliphatic carbocycles. The molecule has 0 aliphatic heterocycles. The lowest BCUT2D eigenvalue weighted by atomic mass is 9.97. The lowest BCUT2D eigenvalue weighted by Gasteiger charge is -2.14. The van der Waals surface area contributed by atoms with Crippen LogP contribution in [-0.4, -0.2) is 14.5 Å². The molecule has 0 saturated carbocycles. The van der Waals surface area contributed by atoms with Crippen molar-refractivity contribution in [1.29, 1.82) is 0 Å². The molecule has 10 aromatic rings. The van der Waals surface area contributed by atoms with Crippen molar-refractivity contribution in [3.8, 4) is 17.1 Å². The number of thiophene rings is 1. The van der Waals surface area contributed by atoms with Gasteiger partial charge in [-0.05, 0) is 45.8 Å². The maximum Gasteiger partial charge on any atom is 0.165 e. The zero-order valence-corrected chi connectivity index (χ0v) is 24.3. The van der Waals surface area contributed by atoms with Crippen molar-refractivity contribution in [3.05, 3.63) is 140 Å². The average Bonchev–Trinajstić information content (AvgIpc) is 3.65. The second-order valence-corrected chi connectivity index (χ2v) is 12.4. The summed E-state index contributed by atoms with van der Waals surface area (Å²) in [5, 5.41) is 10.1. The molecule has 4 heteroatoms. The van der Waals surface area contributed by atoms with Crippen molar-refractivity contribution in [1.82, 2.24) is 14.5 Å². The van der Waals surface area contributed by atoms with Crippen LogP contribution in [0.2, 0.25) is 0 Å². The predicted octanol–water partition coefficient (Wildman–Crippen LogP) is 11.1. The van der Waals surface area contributed by atoms with Crippen molar-refractivity contribution in [2.45, 2.75) is 0 Å². The van der Waals surface area contributed by atoms with Crippen LogP contribution in [0.5, 0.6) is 0 Å². The lowest BCUT2D eigenvalue weighted by Crippen LogP contribution is -2.03. The predicted molar refractivity (Wildman–Crippen MR) is 187 cm³/mol. The summed E-state index contributed by atoms with van der Waals surface area (Å²) in [6.45, 7) is 0. The molecule has 10 rings (SSSR count). The molecule has 204 valence electrons. The van der Waals surface area contributed by atoms with E-state index >= 15 is 0 Å². The van der Waals surface area contributed by atoms with E-state index in [0.717, 1.165) is 33.6 Å². The normalized spacial score (nSPS) is 12.1. The molecular weight excluding hydrogens is 555 g/mol. The monoisotopic (exact) mass is 577 g/mol. The van der Waals surface area contributed by atoms with Gasteiger partial charge in [-0.1, -0.05) is 115 Å². The summed E-state index contributed by atoms with van der Waals surface area (Å²) in [6, 6.07) is 49.6. The van der Waals surface area contributed by atoms with Gasteiger partial charge in [-0.3, -0.25) is 4.57 Å². The molecule has 44 heavy (non-hydrogen) atoms. The van der Waals surface area contributed by atoms with Gasteiger partial charge >= 0.3 is 0 Å². The van der Waals surface area contributed by atoms with Crippen molar-refractivity contribution in [3.63, 3.8) is 0 Å². The van der Waals surface area contributed by atoms with E-state index in [1.165, 1.54) is 58.0 Å². The molecule has 0 unspecified atom stereocenters. The van der Waals surface area contributed by atoms with Gasteiger partial charge in [-0.2, -0.15) is 0 Å². The number of benzene rings is 7. The summed E-state index contributed by atoms with van der Waals surface area (Å²) < 4.78 is 4.96. The molecule has 0 aliphatic rings. The highest BCUT2D eigenvalue weighted by molar-refractivity contribution is 7.27. The molecule has 0 atom stereocenters. The Balaban J connectivity index is 1.54. The Morgan fingerprint density at radius 2 is 1.11 bits per heavy atom. The van der Waals surface area contributed by atoms with Crippen LogP contribution in [-0.2, 0) is 0 Å². The number of rotatable bonds is 2. The van der Waals surface area contributed by atoms with Crippen molar-refractivity contribution in [2.75, 3.05) is 0 Å². The Labute approximate surface area is 256 Å². The number of para-hydroxylation sites is 2. The fraction of sp³-hybridized carbons (Fsp3) is 0. The van der Waals surface area contributed by atoms with E-state index in [9.17, 15) is 0 Å². The Morgan fingerprint density at radius 1 is 0.477 bits per heavy atom. The highest BCUT2D eigenvalue weighted by atomic mass is 32.1. The first-order chi connectivity index (χ1) is 21.8.